The summed E-state index contributed by atoms with van der Waals surface area (Å²) in [7, 11) is 0. The lowest BCUT2D eigenvalue weighted by atomic mass is 9.85. The van der Waals surface area contributed by atoms with Crippen LogP contribution in [0, 0.1) is 5.92 Å². The van der Waals surface area contributed by atoms with Crippen molar-refractivity contribution < 1.29 is 14.6 Å². The predicted octanol–water partition coefficient (Wildman–Crippen LogP) is 2.85. The lowest BCUT2D eigenvalue weighted by molar-refractivity contribution is -0.181. The summed E-state index contributed by atoms with van der Waals surface area (Å²) >= 11 is 2.09. The fourth-order valence-corrected chi connectivity index (χ4v) is 3.78. The van der Waals surface area contributed by atoms with Gasteiger partial charge in [0, 0.05) is 13.0 Å². The summed E-state index contributed by atoms with van der Waals surface area (Å²) in [5.41, 5.74) is -1.03. The number of piperidine rings is 3. The third-order valence-corrected chi connectivity index (χ3v) is 5.45. The van der Waals surface area contributed by atoms with Gasteiger partial charge in [0.05, 0.1) is 0 Å². The normalized spacial score (nSPS) is 29.4. The number of aliphatic hydroxyl groups is 1. The molecule has 0 aliphatic carbocycles. The van der Waals surface area contributed by atoms with Gasteiger partial charge in [-0.3, -0.25) is 4.90 Å². The first-order valence-corrected chi connectivity index (χ1v) is 9.34. The van der Waals surface area contributed by atoms with Crippen LogP contribution in [0.4, 0.5) is 0 Å². The molecule has 1 aromatic rings. The molecule has 5 heteroatoms. The van der Waals surface area contributed by atoms with Gasteiger partial charge in [-0.05, 0) is 41.5 Å². The maximum absolute atomic E-state index is 12.8. The molecule has 124 valence electrons. The van der Waals surface area contributed by atoms with Gasteiger partial charge in [-0.1, -0.05) is 59.0 Å². The van der Waals surface area contributed by atoms with Crippen molar-refractivity contribution >= 4 is 28.6 Å². The van der Waals surface area contributed by atoms with Crippen molar-refractivity contribution in [2.45, 2.75) is 31.0 Å². The van der Waals surface area contributed by atoms with Crippen LogP contribution < -0.4 is 0 Å². The summed E-state index contributed by atoms with van der Waals surface area (Å²) in [5, 5.41) is 11.0. The summed E-state index contributed by atoms with van der Waals surface area (Å²) in [5.74, 6) is -0.0963. The van der Waals surface area contributed by atoms with Gasteiger partial charge in [-0.2, -0.15) is 0 Å². The van der Waals surface area contributed by atoms with Crippen molar-refractivity contribution in [3.05, 3.63) is 46.1 Å². The number of hydrogen-bond acceptors (Lipinski definition) is 4. The van der Waals surface area contributed by atoms with Crippen molar-refractivity contribution in [3.8, 4) is 0 Å². The number of nitrogens with zero attached hydrogens (tertiary/aromatic N) is 1. The Labute approximate surface area is 150 Å². The highest BCUT2D eigenvalue weighted by atomic mass is 125. The van der Waals surface area contributed by atoms with E-state index in [9.17, 15) is 9.90 Å². The zero-order valence-electron chi connectivity index (χ0n) is 13.0. The Balaban J connectivity index is 1.78. The SMILES string of the molecule is O=C(O[C@H]1CN2CCC1CC2)[C@@](O)(C/C=C/[125I])c1ccccc1. The number of carbonyl (C=O) groups excluding carboxylic acids is 1. The second-order valence-electron chi connectivity index (χ2n) is 6.37. The molecular weight excluding hydrogens is 403 g/mol. The summed E-state index contributed by atoms with van der Waals surface area (Å²) in [6.07, 6.45) is 4.08. The zero-order valence-corrected chi connectivity index (χ0v) is 15.2. The van der Waals surface area contributed by atoms with Crippen molar-refractivity contribution in [2.24, 2.45) is 5.92 Å². The van der Waals surface area contributed by atoms with Gasteiger partial charge in [-0.15, -0.1) is 0 Å². The fourth-order valence-electron chi connectivity index (χ4n) is 3.53. The van der Waals surface area contributed by atoms with Crippen LogP contribution in [0.3, 0.4) is 0 Å². The number of fused-ring (bicyclic) bond motifs is 3. The maximum Gasteiger partial charge on any atom is 0.343 e. The van der Waals surface area contributed by atoms with E-state index in [0.717, 1.165) is 32.5 Å². The quantitative estimate of drug-likeness (QED) is 0.583. The molecule has 3 fully saturated rings. The Bertz CT molecular complexity index is 569. The largest absolute Gasteiger partial charge is 0.458 e. The highest BCUT2D eigenvalue weighted by molar-refractivity contribution is 14.1. The molecule has 1 N–H and O–H groups in total. The number of hydrogen-bond donors (Lipinski definition) is 1. The number of esters is 1. The van der Waals surface area contributed by atoms with E-state index in [1.165, 1.54) is 0 Å². The van der Waals surface area contributed by atoms with E-state index in [1.807, 2.05) is 22.3 Å². The molecule has 3 heterocycles. The average molecular weight is 425 g/mol. The highest BCUT2D eigenvalue weighted by Gasteiger charge is 2.43. The lowest BCUT2D eigenvalue weighted by Gasteiger charge is -2.44. The van der Waals surface area contributed by atoms with Crippen LogP contribution in [0.15, 0.2) is 40.5 Å². The molecule has 2 bridgehead atoms. The summed E-state index contributed by atoms with van der Waals surface area (Å²) in [6.45, 7) is 2.99. The van der Waals surface area contributed by atoms with Gasteiger partial charge < -0.3 is 9.84 Å². The van der Waals surface area contributed by atoms with E-state index in [-0.39, 0.29) is 12.5 Å². The summed E-state index contributed by atoms with van der Waals surface area (Å²) in [6, 6.07) is 9.08. The summed E-state index contributed by atoms with van der Waals surface area (Å²) < 4.78 is 7.59. The minimum atomic E-state index is -1.62. The molecule has 4 nitrogen and oxygen atoms in total. The average Bonchev–Trinajstić information content (AvgIpc) is 2.61. The van der Waals surface area contributed by atoms with E-state index < -0.39 is 11.6 Å². The van der Waals surface area contributed by atoms with Crippen molar-refractivity contribution in [1.29, 1.82) is 0 Å². The third kappa shape index (κ3) is 3.61. The Morgan fingerprint density at radius 2 is 2.04 bits per heavy atom. The number of benzene rings is 1. The standard InChI is InChI=1S/C18H22INO3/c19-10-4-9-18(22,15-5-2-1-3-6-15)17(21)23-16-13-20-11-7-14(16)8-12-20/h1-6,10,14,16,22H,7-9,11-13H2/b10-4+/t16-,18+/m0/s1/i19-2. The van der Waals surface area contributed by atoms with Crippen LogP contribution in [0.1, 0.15) is 24.8 Å². The lowest BCUT2D eigenvalue weighted by Crippen LogP contribution is -2.53. The first-order chi connectivity index (χ1) is 11.1. The van der Waals surface area contributed by atoms with Gasteiger partial charge in [0.15, 0.2) is 5.60 Å². The van der Waals surface area contributed by atoms with Crippen molar-refractivity contribution in [3.63, 3.8) is 0 Å². The Morgan fingerprint density at radius 3 is 2.61 bits per heavy atom. The van der Waals surface area contributed by atoms with E-state index in [2.05, 4.69) is 27.5 Å². The Hall–Kier alpha value is -0.920. The Morgan fingerprint density at radius 1 is 1.35 bits per heavy atom. The molecule has 3 aliphatic heterocycles. The monoisotopic (exact) mass is 425 g/mol. The van der Waals surface area contributed by atoms with Crippen LogP contribution in [0.5, 0.6) is 0 Å². The Kier molecular flexibility index (Phi) is 5.38. The minimum absolute atomic E-state index is 0.0937. The van der Waals surface area contributed by atoms with Gasteiger partial charge in [0.2, 0.25) is 0 Å². The van der Waals surface area contributed by atoms with E-state index in [4.69, 9.17) is 4.74 Å². The van der Waals surface area contributed by atoms with E-state index >= 15 is 0 Å². The first kappa shape index (κ1) is 16.9. The third-order valence-electron chi connectivity index (χ3n) is 4.95. The second kappa shape index (κ2) is 7.32. The maximum atomic E-state index is 12.8. The van der Waals surface area contributed by atoms with E-state index in [1.54, 1.807) is 18.2 Å². The number of rotatable bonds is 5. The predicted molar refractivity (Wildman–Crippen MR) is 97.2 cm³/mol. The van der Waals surface area contributed by atoms with Gasteiger partial charge >= 0.3 is 5.97 Å². The molecule has 0 amide bonds. The minimum Gasteiger partial charge on any atom is -0.458 e. The van der Waals surface area contributed by atoms with Crippen LogP contribution in [0.25, 0.3) is 0 Å². The molecule has 0 unspecified atom stereocenters. The second-order valence-corrected chi connectivity index (χ2v) is 7.09. The number of halogens is 1. The molecule has 0 aromatic heterocycles. The molecule has 2 atom stereocenters. The topological polar surface area (TPSA) is 49.8 Å². The molecular formula is C18H22INO3. The number of carbonyl (C=O) groups is 1. The van der Waals surface area contributed by atoms with Crippen LogP contribution in [-0.2, 0) is 15.1 Å². The number of ether oxygens (including phenoxy) is 1. The molecule has 1 aromatic carbocycles. The zero-order chi connectivity index (χ0) is 16.3. The van der Waals surface area contributed by atoms with Crippen molar-refractivity contribution in [1.82, 2.24) is 4.90 Å². The highest BCUT2D eigenvalue weighted by Crippen LogP contribution is 2.33. The molecule has 3 saturated heterocycles. The van der Waals surface area contributed by atoms with Gasteiger partial charge in [-0.25, -0.2) is 4.79 Å². The molecule has 3 aliphatic rings. The smallest absolute Gasteiger partial charge is 0.343 e. The van der Waals surface area contributed by atoms with Crippen LogP contribution in [-0.4, -0.2) is 41.7 Å². The van der Waals surface area contributed by atoms with Crippen molar-refractivity contribution in [2.75, 3.05) is 19.6 Å². The summed E-state index contributed by atoms with van der Waals surface area (Å²) in [4.78, 5) is 15.1. The molecule has 0 spiro atoms. The van der Waals surface area contributed by atoms with Crippen LogP contribution in [0.2, 0.25) is 0 Å². The molecule has 23 heavy (non-hydrogen) atoms. The van der Waals surface area contributed by atoms with Gasteiger partial charge in [0.1, 0.15) is 6.10 Å². The fraction of sp³-hybridized carbons (Fsp3) is 0.500. The van der Waals surface area contributed by atoms with Gasteiger partial charge in [0.25, 0.3) is 0 Å². The molecule has 4 rings (SSSR count). The van der Waals surface area contributed by atoms with Crippen LogP contribution >= 0.6 is 22.6 Å². The molecule has 0 saturated carbocycles. The molecule has 0 radical (unpaired) electrons. The first-order valence-electron chi connectivity index (χ1n) is 8.10. The van der Waals surface area contributed by atoms with E-state index in [0.29, 0.717) is 11.5 Å².